The molecular formula is C21H32N4O2S. The van der Waals surface area contributed by atoms with E-state index in [0.29, 0.717) is 12.5 Å². The molecule has 3 aliphatic rings. The molecule has 154 valence electrons. The minimum absolute atomic E-state index is 0.291. The van der Waals surface area contributed by atoms with Crippen LogP contribution < -0.4 is 9.64 Å². The van der Waals surface area contributed by atoms with Crippen molar-refractivity contribution in [3.8, 4) is 5.75 Å². The molecular weight excluding hydrogens is 372 g/mol. The van der Waals surface area contributed by atoms with Crippen molar-refractivity contribution in [2.75, 3.05) is 82.4 Å². The number of benzene rings is 1. The van der Waals surface area contributed by atoms with Gasteiger partial charge in [-0.2, -0.15) is 11.8 Å². The second kappa shape index (κ2) is 9.37. The first-order chi connectivity index (χ1) is 13.7. The molecule has 0 radical (unpaired) electrons. The Morgan fingerprint density at radius 3 is 2.36 bits per heavy atom. The van der Waals surface area contributed by atoms with E-state index in [1.807, 2.05) is 17.0 Å². The number of thioether (sulfide) groups is 1. The Kier molecular flexibility index (Phi) is 6.65. The maximum Gasteiger partial charge on any atom is 0.236 e. The summed E-state index contributed by atoms with van der Waals surface area (Å²) in [6, 6.07) is 8.96. The number of amides is 1. The molecule has 0 N–H and O–H groups in total. The van der Waals surface area contributed by atoms with Gasteiger partial charge in [-0.1, -0.05) is 0 Å². The third kappa shape index (κ3) is 4.75. The van der Waals surface area contributed by atoms with Gasteiger partial charge in [0, 0.05) is 69.8 Å². The highest BCUT2D eigenvalue weighted by Crippen LogP contribution is 2.23. The lowest BCUT2D eigenvalue weighted by Gasteiger charge is -2.40. The number of carbonyl (C=O) groups is 1. The number of carbonyl (C=O) groups excluding carboxylic acids is 1. The molecule has 3 aliphatic heterocycles. The molecule has 3 fully saturated rings. The van der Waals surface area contributed by atoms with Crippen molar-refractivity contribution >= 4 is 23.4 Å². The van der Waals surface area contributed by atoms with Gasteiger partial charge in [-0.25, -0.2) is 0 Å². The van der Waals surface area contributed by atoms with Gasteiger partial charge in [0.15, 0.2) is 0 Å². The Bertz CT molecular complexity index is 634. The zero-order valence-corrected chi connectivity index (χ0v) is 17.7. The average molecular weight is 405 g/mol. The first-order valence-electron chi connectivity index (χ1n) is 10.4. The Labute approximate surface area is 172 Å². The van der Waals surface area contributed by atoms with Crippen LogP contribution >= 0.6 is 11.8 Å². The Balaban J connectivity index is 1.20. The predicted octanol–water partition coefficient (Wildman–Crippen LogP) is 1.47. The number of nitrogens with zero attached hydrogens (tertiary/aromatic N) is 4. The Hall–Kier alpha value is -1.44. The van der Waals surface area contributed by atoms with Crippen LogP contribution in [0.25, 0.3) is 0 Å². The van der Waals surface area contributed by atoms with E-state index >= 15 is 0 Å². The molecule has 0 aliphatic carbocycles. The summed E-state index contributed by atoms with van der Waals surface area (Å²) in [7, 11) is 1.69. The van der Waals surface area contributed by atoms with Gasteiger partial charge >= 0.3 is 0 Å². The quantitative estimate of drug-likeness (QED) is 0.740. The van der Waals surface area contributed by atoms with E-state index in [4.69, 9.17) is 4.74 Å². The van der Waals surface area contributed by atoms with Crippen molar-refractivity contribution < 1.29 is 9.53 Å². The van der Waals surface area contributed by atoms with Crippen molar-refractivity contribution in [3.63, 3.8) is 0 Å². The standard InChI is InChI=1S/C21H32N4O2S/c1-27-20-4-2-18(3-5-20)23-11-13-25(14-12-23)21(26)16-22-7-9-24(10-8-22)19-6-15-28-17-19/h2-5,19H,6-17H2,1H3/t19-/m0/s1. The maximum absolute atomic E-state index is 12.8. The lowest BCUT2D eigenvalue weighted by Crippen LogP contribution is -2.55. The van der Waals surface area contributed by atoms with Crippen LogP contribution in [0.1, 0.15) is 6.42 Å². The number of hydrogen-bond acceptors (Lipinski definition) is 6. The van der Waals surface area contributed by atoms with Crippen LogP contribution in [0, 0.1) is 0 Å². The van der Waals surface area contributed by atoms with E-state index in [0.717, 1.165) is 64.1 Å². The summed E-state index contributed by atoms with van der Waals surface area (Å²) < 4.78 is 5.23. The normalized spacial score (nSPS) is 24.5. The maximum atomic E-state index is 12.8. The number of anilines is 1. The lowest BCUT2D eigenvalue weighted by atomic mass is 10.2. The van der Waals surface area contributed by atoms with Gasteiger partial charge in [-0.3, -0.25) is 14.6 Å². The third-order valence-corrected chi connectivity index (χ3v) is 7.40. The van der Waals surface area contributed by atoms with Crippen molar-refractivity contribution in [2.45, 2.75) is 12.5 Å². The molecule has 0 saturated carbocycles. The highest BCUT2D eigenvalue weighted by atomic mass is 32.2. The summed E-state index contributed by atoms with van der Waals surface area (Å²) in [6.07, 6.45) is 1.34. The molecule has 1 aromatic rings. The smallest absolute Gasteiger partial charge is 0.236 e. The molecule has 0 unspecified atom stereocenters. The highest BCUT2D eigenvalue weighted by Gasteiger charge is 2.28. The second-order valence-electron chi connectivity index (χ2n) is 7.90. The van der Waals surface area contributed by atoms with Crippen molar-refractivity contribution in [2.24, 2.45) is 0 Å². The van der Waals surface area contributed by atoms with Crippen LogP contribution in [0.5, 0.6) is 5.75 Å². The number of hydrogen-bond donors (Lipinski definition) is 0. The van der Waals surface area contributed by atoms with Crippen LogP contribution in [-0.4, -0.2) is 104 Å². The number of ether oxygens (including phenoxy) is 1. The van der Waals surface area contributed by atoms with Crippen LogP contribution in [0.3, 0.4) is 0 Å². The zero-order chi connectivity index (χ0) is 19.3. The molecule has 0 bridgehead atoms. The van der Waals surface area contributed by atoms with E-state index in [1.54, 1.807) is 7.11 Å². The largest absolute Gasteiger partial charge is 0.497 e. The molecule has 0 aromatic heterocycles. The number of rotatable bonds is 5. The van der Waals surface area contributed by atoms with E-state index in [-0.39, 0.29) is 0 Å². The molecule has 28 heavy (non-hydrogen) atoms. The van der Waals surface area contributed by atoms with Crippen LogP contribution in [-0.2, 0) is 4.79 Å². The van der Waals surface area contributed by atoms with Gasteiger partial charge in [-0.05, 0) is 36.4 Å². The summed E-state index contributed by atoms with van der Waals surface area (Å²) in [5.74, 6) is 3.77. The fraction of sp³-hybridized carbons (Fsp3) is 0.667. The minimum atomic E-state index is 0.291. The highest BCUT2D eigenvalue weighted by molar-refractivity contribution is 7.99. The summed E-state index contributed by atoms with van der Waals surface area (Å²) in [6.45, 7) is 8.27. The lowest BCUT2D eigenvalue weighted by molar-refractivity contribution is -0.133. The fourth-order valence-corrected chi connectivity index (χ4v) is 5.65. The van der Waals surface area contributed by atoms with Crippen molar-refractivity contribution in [1.82, 2.24) is 14.7 Å². The predicted molar refractivity (Wildman–Crippen MR) is 116 cm³/mol. The molecule has 6 nitrogen and oxygen atoms in total. The molecule has 3 heterocycles. The molecule has 0 spiro atoms. The SMILES string of the molecule is COc1ccc(N2CCN(C(=O)CN3CCN([C@H]4CCSC4)CC3)CC2)cc1. The summed E-state index contributed by atoms with van der Waals surface area (Å²) in [5.41, 5.74) is 1.20. The average Bonchev–Trinajstić information content (AvgIpc) is 3.29. The molecule has 3 saturated heterocycles. The van der Waals surface area contributed by atoms with E-state index < -0.39 is 0 Å². The topological polar surface area (TPSA) is 39.3 Å². The molecule has 1 atom stereocenters. The zero-order valence-electron chi connectivity index (χ0n) is 16.9. The van der Waals surface area contributed by atoms with Crippen molar-refractivity contribution in [3.05, 3.63) is 24.3 Å². The molecule has 1 amide bonds. The number of methoxy groups -OCH3 is 1. The first-order valence-corrected chi connectivity index (χ1v) is 11.6. The van der Waals surface area contributed by atoms with Gasteiger partial charge in [0.25, 0.3) is 0 Å². The summed E-state index contributed by atoms with van der Waals surface area (Å²) in [5, 5.41) is 0. The van der Waals surface area contributed by atoms with Gasteiger partial charge in [0.2, 0.25) is 5.91 Å². The molecule has 1 aromatic carbocycles. The van der Waals surface area contributed by atoms with Crippen LogP contribution in [0.2, 0.25) is 0 Å². The minimum Gasteiger partial charge on any atom is -0.497 e. The Morgan fingerprint density at radius 2 is 1.75 bits per heavy atom. The van der Waals surface area contributed by atoms with E-state index in [9.17, 15) is 4.79 Å². The van der Waals surface area contributed by atoms with Gasteiger partial charge in [0.05, 0.1) is 13.7 Å². The van der Waals surface area contributed by atoms with E-state index in [2.05, 4.69) is 38.6 Å². The Morgan fingerprint density at radius 1 is 1.04 bits per heavy atom. The van der Waals surface area contributed by atoms with Gasteiger partial charge in [0.1, 0.15) is 5.75 Å². The van der Waals surface area contributed by atoms with Gasteiger partial charge in [-0.15, -0.1) is 0 Å². The fourth-order valence-electron chi connectivity index (χ4n) is 4.40. The van der Waals surface area contributed by atoms with Crippen LogP contribution in [0.15, 0.2) is 24.3 Å². The second-order valence-corrected chi connectivity index (χ2v) is 9.05. The summed E-state index contributed by atoms with van der Waals surface area (Å²) in [4.78, 5) is 22.1. The van der Waals surface area contributed by atoms with E-state index in [1.165, 1.54) is 23.6 Å². The van der Waals surface area contributed by atoms with Crippen LogP contribution in [0.4, 0.5) is 5.69 Å². The van der Waals surface area contributed by atoms with Crippen molar-refractivity contribution in [1.29, 1.82) is 0 Å². The molecule has 4 rings (SSSR count). The number of piperazine rings is 2. The first kappa shape index (κ1) is 19.9. The van der Waals surface area contributed by atoms with Gasteiger partial charge < -0.3 is 14.5 Å². The summed E-state index contributed by atoms with van der Waals surface area (Å²) >= 11 is 2.08. The third-order valence-electron chi connectivity index (χ3n) is 6.26. The molecule has 7 heteroatoms. The monoisotopic (exact) mass is 404 g/mol.